The van der Waals surface area contributed by atoms with Crippen molar-refractivity contribution in [3.8, 4) is 0 Å². The molecule has 0 aliphatic carbocycles. The Morgan fingerprint density at radius 2 is 0.910 bits per heavy atom. The van der Waals surface area contributed by atoms with E-state index < -0.39 is 98.8 Å². The van der Waals surface area contributed by atoms with Crippen molar-refractivity contribution >= 4 is 5.91 Å². The van der Waals surface area contributed by atoms with E-state index in [1.54, 1.807) is 0 Å². The van der Waals surface area contributed by atoms with Gasteiger partial charge in [-0.05, 0) is 12.8 Å². The van der Waals surface area contributed by atoms with Crippen LogP contribution in [0.1, 0.15) is 226 Å². The average molecular weight is 964 g/mol. The Balaban J connectivity index is 1.80. The number of rotatable bonds is 43. The molecule has 0 aromatic heterocycles. The van der Waals surface area contributed by atoms with Crippen LogP contribution in [0.2, 0.25) is 0 Å². The lowest BCUT2D eigenvalue weighted by Gasteiger charge is -2.42. The molecule has 15 nitrogen and oxygen atoms in total. The van der Waals surface area contributed by atoms with Gasteiger partial charge < -0.3 is 70.2 Å². The van der Waals surface area contributed by atoms with Gasteiger partial charge in [0.25, 0.3) is 0 Å². The van der Waals surface area contributed by atoms with Crippen molar-refractivity contribution in [1.82, 2.24) is 5.32 Å². The number of hydrogen-bond donors (Lipinski definition) is 10. The van der Waals surface area contributed by atoms with Gasteiger partial charge in [0.2, 0.25) is 5.91 Å². The van der Waals surface area contributed by atoms with Crippen LogP contribution in [0, 0.1) is 0 Å². The lowest BCUT2D eigenvalue weighted by molar-refractivity contribution is -0.322. The fourth-order valence-corrected chi connectivity index (χ4v) is 9.19. The van der Waals surface area contributed by atoms with Gasteiger partial charge in [-0.3, -0.25) is 4.79 Å². The van der Waals surface area contributed by atoms with Crippen LogP contribution in [0.3, 0.4) is 0 Å². The average Bonchev–Trinajstić information content (AvgIpc) is 3.32. The monoisotopic (exact) mass is 964 g/mol. The number of amides is 1. The molecular weight excluding hydrogens is 863 g/mol. The lowest BCUT2D eigenvalue weighted by atomic mass is 9.98. The van der Waals surface area contributed by atoms with Gasteiger partial charge in [0, 0.05) is 0 Å². The van der Waals surface area contributed by atoms with Crippen LogP contribution in [0.25, 0.3) is 0 Å². The Morgan fingerprint density at radius 1 is 0.507 bits per heavy atom. The van der Waals surface area contributed by atoms with Crippen LogP contribution in [0.15, 0.2) is 0 Å². The molecule has 13 atom stereocenters. The Bertz CT molecular complexity index is 1160. The maximum atomic E-state index is 13.3. The molecule has 67 heavy (non-hydrogen) atoms. The molecule has 0 spiro atoms. The minimum atomic E-state index is -1.77. The van der Waals surface area contributed by atoms with Crippen LogP contribution in [0.5, 0.6) is 0 Å². The molecule has 1 amide bonds. The third-order valence-corrected chi connectivity index (χ3v) is 13.9. The predicted molar refractivity (Wildman–Crippen MR) is 260 cm³/mol. The molecule has 2 saturated heterocycles. The first-order valence-corrected chi connectivity index (χ1v) is 27.4. The molecule has 0 bridgehead atoms. The Morgan fingerprint density at radius 3 is 1.36 bits per heavy atom. The maximum absolute atomic E-state index is 13.3. The zero-order chi connectivity index (χ0) is 49.1. The second-order valence-corrected chi connectivity index (χ2v) is 20.0. The smallest absolute Gasteiger partial charge is 0.249 e. The summed E-state index contributed by atoms with van der Waals surface area (Å²) in [6, 6.07) is -1.24. The van der Waals surface area contributed by atoms with Crippen molar-refractivity contribution in [3.05, 3.63) is 0 Å². The number of ether oxygens (including phenoxy) is 4. The van der Waals surface area contributed by atoms with Crippen LogP contribution in [-0.2, 0) is 23.7 Å². The van der Waals surface area contributed by atoms with E-state index in [1.807, 2.05) is 0 Å². The van der Waals surface area contributed by atoms with Gasteiger partial charge >= 0.3 is 0 Å². The standard InChI is InChI=1S/C52H101NO14/c1-3-5-7-9-11-13-15-17-18-19-20-21-22-23-25-27-29-31-33-35-41(55)50(63)53-39(44(57)40(54)34-32-30-28-26-24-16-14-12-10-8-6-4-2)36-64-52-49(62)47(60)46(59)43(67-52)38-66-51-48(61)45(58)42(56)37-65-51/h39-49,51-52,54-62H,3-38H2,1-2H3,(H,53,63)/t39-,40+,41+,42+,43+,44-,45+,46+,47-,48-,49+,51-,52+/m0/s1. The number of nitrogens with one attached hydrogen (secondary N) is 1. The van der Waals surface area contributed by atoms with E-state index in [9.17, 15) is 50.8 Å². The van der Waals surface area contributed by atoms with Gasteiger partial charge in [0.15, 0.2) is 12.6 Å². The van der Waals surface area contributed by atoms with Gasteiger partial charge in [0.05, 0.1) is 32.0 Å². The van der Waals surface area contributed by atoms with Crippen LogP contribution >= 0.6 is 0 Å². The predicted octanol–water partition coefficient (Wildman–Crippen LogP) is 6.75. The van der Waals surface area contributed by atoms with Gasteiger partial charge in [-0.15, -0.1) is 0 Å². The van der Waals surface area contributed by atoms with Gasteiger partial charge in [-0.25, -0.2) is 0 Å². The van der Waals surface area contributed by atoms with Crippen molar-refractivity contribution in [2.75, 3.05) is 19.8 Å². The highest BCUT2D eigenvalue weighted by molar-refractivity contribution is 5.80. The summed E-state index contributed by atoms with van der Waals surface area (Å²) in [5, 5.41) is 98.0. The highest BCUT2D eigenvalue weighted by Gasteiger charge is 2.46. The van der Waals surface area contributed by atoms with Crippen LogP contribution < -0.4 is 5.32 Å². The van der Waals surface area contributed by atoms with Crippen molar-refractivity contribution in [2.24, 2.45) is 0 Å². The normalized spacial score (nSPS) is 26.3. The van der Waals surface area contributed by atoms with E-state index >= 15 is 0 Å². The van der Waals surface area contributed by atoms with E-state index in [1.165, 1.54) is 148 Å². The van der Waals surface area contributed by atoms with E-state index in [0.717, 1.165) is 38.5 Å². The molecule has 0 radical (unpaired) electrons. The van der Waals surface area contributed by atoms with E-state index in [0.29, 0.717) is 12.8 Å². The number of aliphatic hydroxyl groups is 9. The van der Waals surface area contributed by atoms with E-state index in [-0.39, 0.29) is 19.4 Å². The summed E-state index contributed by atoms with van der Waals surface area (Å²) in [4.78, 5) is 13.3. The maximum Gasteiger partial charge on any atom is 0.249 e. The lowest BCUT2D eigenvalue weighted by Crippen LogP contribution is -2.61. The number of carbonyl (C=O) groups is 1. The second-order valence-electron chi connectivity index (χ2n) is 20.0. The van der Waals surface area contributed by atoms with Crippen molar-refractivity contribution in [3.63, 3.8) is 0 Å². The third-order valence-electron chi connectivity index (χ3n) is 13.9. The molecule has 10 N–H and O–H groups in total. The summed E-state index contributed by atoms with van der Waals surface area (Å²) < 4.78 is 22.3. The van der Waals surface area contributed by atoms with Gasteiger partial charge in [0.1, 0.15) is 54.9 Å². The van der Waals surface area contributed by atoms with E-state index in [2.05, 4.69) is 19.2 Å². The number of carbonyl (C=O) groups excluding carboxylic acids is 1. The third kappa shape index (κ3) is 27.4. The zero-order valence-electron chi connectivity index (χ0n) is 42.0. The molecule has 0 aromatic rings. The van der Waals surface area contributed by atoms with Gasteiger partial charge in [-0.1, -0.05) is 213 Å². The largest absolute Gasteiger partial charge is 0.390 e. The Labute approximate surface area is 405 Å². The molecule has 2 rings (SSSR count). The summed E-state index contributed by atoms with van der Waals surface area (Å²) >= 11 is 0. The highest BCUT2D eigenvalue weighted by Crippen LogP contribution is 2.26. The summed E-state index contributed by atoms with van der Waals surface area (Å²) in [5.41, 5.74) is 0. The fraction of sp³-hybridized carbons (Fsp3) is 0.981. The Hall–Kier alpha value is -1.05. The van der Waals surface area contributed by atoms with Crippen LogP contribution in [-0.4, -0.2) is 151 Å². The molecule has 2 aliphatic rings. The Kier molecular flexibility index (Phi) is 36.6. The summed E-state index contributed by atoms with van der Waals surface area (Å²) in [6.45, 7) is 3.18. The van der Waals surface area contributed by atoms with Crippen molar-refractivity contribution in [1.29, 1.82) is 0 Å². The van der Waals surface area contributed by atoms with Crippen molar-refractivity contribution < 1.29 is 69.7 Å². The first kappa shape index (κ1) is 62.1. The molecule has 2 aliphatic heterocycles. The molecule has 2 fully saturated rings. The van der Waals surface area contributed by atoms with Crippen LogP contribution in [0.4, 0.5) is 0 Å². The number of aliphatic hydroxyl groups excluding tert-OH is 9. The minimum Gasteiger partial charge on any atom is -0.390 e. The van der Waals surface area contributed by atoms with Gasteiger partial charge in [-0.2, -0.15) is 0 Å². The molecule has 398 valence electrons. The fourth-order valence-electron chi connectivity index (χ4n) is 9.19. The SMILES string of the molecule is CCCCCCCCCCCCCCCCCCCCC[C@@H](O)C(=O)N[C@@H](CO[C@@H]1O[C@H](CO[C@@H]2OC[C@@H](O)[C@@H](O)[C@@H]2O)[C@@H](O)[C@H](O)[C@H]1O)[C@H](O)[C@H](O)CCCCCCCCCCCCCC. The molecule has 0 saturated carbocycles. The molecular formula is C52H101NO14. The topological polar surface area (TPSA) is 248 Å². The molecule has 15 heteroatoms. The number of hydrogen-bond acceptors (Lipinski definition) is 14. The highest BCUT2D eigenvalue weighted by atomic mass is 16.7. The summed E-state index contributed by atoms with van der Waals surface area (Å²) in [7, 11) is 0. The minimum absolute atomic E-state index is 0.224. The second kappa shape index (κ2) is 39.6. The quantitative estimate of drug-likeness (QED) is 0.0284. The molecule has 0 unspecified atom stereocenters. The zero-order valence-corrected chi connectivity index (χ0v) is 42.0. The summed E-state index contributed by atoms with van der Waals surface area (Å²) in [6.07, 6.45) is 19.8. The van der Waals surface area contributed by atoms with Crippen molar-refractivity contribution in [2.45, 2.75) is 305 Å². The van der Waals surface area contributed by atoms with E-state index in [4.69, 9.17) is 18.9 Å². The summed E-state index contributed by atoms with van der Waals surface area (Å²) in [5.74, 6) is -0.738. The molecule has 0 aromatic carbocycles. The first-order valence-electron chi connectivity index (χ1n) is 27.4. The number of unbranched alkanes of at least 4 members (excludes halogenated alkanes) is 29. The first-order chi connectivity index (χ1) is 32.4. The molecule has 2 heterocycles.